The van der Waals surface area contributed by atoms with E-state index in [1.165, 1.54) is 12.1 Å². The van der Waals surface area contributed by atoms with Crippen LogP contribution in [0, 0.1) is 23.1 Å². The van der Waals surface area contributed by atoms with Crippen molar-refractivity contribution in [2.75, 3.05) is 33.4 Å². The summed E-state index contributed by atoms with van der Waals surface area (Å²) in [6, 6.07) is 10.1. The third kappa shape index (κ3) is 5.84. The highest BCUT2D eigenvalue weighted by Crippen LogP contribution is 2.48. The van der Waals surface area contributed by atoms with Crippen molar-refractivity contribution in [1.29, 1.82) is 0 Å². The summed E-state index contributed by atoms with van der Waals surface area (Å²) in [7, 11) is 1.60. The molecule has 196 valence electrons. The average Bonchev–Trinajstić information content (AvgIpc) is 3.53. The first-order valence-corrected chi connectivity index (χ1v) is 13.7. The Kier molecular flexibility index (Phi) is 7.56. The van der Waals surface area contributed by atoms with Crippen molar-refractivity contribution < 1.29 is 23.5 Å². The van der Waals surface area contributed by atoms with Gasteiger partial charge in [0, 0.05) is 47.2 Å². The smallest absolute Gasteiger partial charge is 0.254 e. The van der Waals surface area contributed by atoms with Crippen LogP contribution in [-0.2, 0) is 4.79 Å². The van der Waals surface area contributed by atoms with Crippen molar-refractivity contribution in [3.8, 4) is 11.5 Å². The standard InChI is InChI=1S/C29H32BrFN2O4/c1-36-26-10-7-22(30)13-20(26)6-11-27(34)33-15-21-3-2-12-29(21,18-33)17-32-28(35)24-9-8-23(14-25(24)31)37-16-19-4-5-19/h6-11,13-14,19,21H,2-5,12,15-18H2,1H3,(H,32,35)/b11-6+/t21-,29-/m0/s1. The van der Waals surface area contributed by atoms with E-state index in [1.807, 2.05) is 23.1 Å². The van der Waals surface area contributed by atoms with Gasteiger partial charge < -0.3 is 19.7 Å². The van der Waals surface area contributed by atoms with Crippen LogP contribution in [0.5, 0.6) is 11.5 Å². The van der Waals surface area contributed by atoms with Gasteiger partial charge in [-0.1, -0.05) is 22.4 Å². The predicted molar refractivity (Wildman–Crippen MR) is 143 cm³/mol. The molecule has 3 aliphatic rings. The summed E-state index contributed by atoms with van der Waals surface area (Å²) >= 11 is 3.46. The van der Waals surface area contributed by atoms with E-state index < -0.39 is 11.7 Å². The lowest BCUT2D eigenvalue weighted by Crippen LogP contribution is -2.41. The number of nitrogens with one attached hydrogen (secondary N) is 1. The molecule has 2 atom stereocenters. The van der Waals surface area contributed by atoms with E-state index in [4.69, 9.17) is 9.47 Å². The van der Waals surface area contributed by atoms with Gasteiger partial charge in [0.15, 0.2) is 0 Å². The Morgan fingerprint density at radius 1 is 1.22 bits per heavy atom. The maximum Gasteiger partial charge on any atom is 0.254 e. The van der Waals surface area contributed by atoms with Crippen molar-refractivity contribution in [2.24, 2.45) is 17.3 Å². The first kappa shape index (κ1) is 25.8. The zero-order valence-electron chi connectivity index (χ0n) is 21.0. The normalized spacial score (nSPS) is 22.8. The van der Waals surface area contributed by atoms with Crippen LogP contribution in [0.2, 0.25) is 0 Å². The van der Waals surface area contributed by atoms with Crippen molar-refractivity contribution in [3.63, 3.8) is 0 Å². The Morgan fingerprint density at radius 3 is 2.81 bits per heavy atom. The van der Waals surface area contributed by atoms with Crippen molar-refractivity contribution >= 4 is 33.8 Å². The van der Waals surface area contributed by atoms with Crippen LogP contribution in [0.4, 0.5) is 4.39 Å². The summed E-state index contributed by atoms with van der Waals surface area (Å²) in [6.07, 6.45) is 8.69. The predicted octanol–water partition coefficient (Wildman–Crippen LogP) is 5.46. The van der Waals surface area contributed by atoms with E-state index in [2.05, 4.69) is 21.2 Å². The lowest BCUT2D eigenvalue weighted by Gasteiger charge is -2.29. The van der Waals surface area contributed by atoms with Crippen molar-refractivity contribution in [3.05, 3.63) is 63.9 Å². The van der Waals surface area contributed by atoms with E-state index in [-0.39, 0.29) is 16.9 Å². The molecule has 2 amide bonds. The minimum atomic E-state index is -0.581. The molecule has 6 nitrogen and oxygen atoms in total. The minimum Gasteiger partial charge on any atom is -0.496 e. The third-order valence-electron chi connectivity index (χ3n) is 7.92. The van der Waals surface area contributed by atoms with E-state index in [0.717, 1.165) is 42.1 Å². The fraction of sp³-hybridized carbons (Fsp3) is 0.448. The van der Waals surface area contributed by atoms with Crippen LogP contribution < -0.4 is 14.8 Å². The lowest BCUT2D eigenvalue weighted by atomic mass is 9.80. The van der Waals surface area contributed by atoms with Gasteiger partial charge in [-0.15, -0.1) is 0 Å². The quantitative estimate of drug-likeness (QED) is 0.407. The third-order valence-corrected chi connectivity index (χ3v) is 8.41. The van der Waals surface area contributed by atoms with E-state index in [9.17, 15) is 14.0 Å². The number of methoxy groups -OCH3 is 1. The zero-order chi connectivity index (χ0) is 26.0. The Hall–Kier alpha value is -2.87. The van der Waals surface area contributed by atoms with Gasteiger partial charge in [0.25, 0.3) is 5.91 Å². The molecule has 0 spiro atoms. The van der Waals surface area contributed by atoms with Gasteiger partial charge in [-0.2, -0.15) is 0 Å². The largest absolute Gasteiger partial charge is 0.496 e. The molecule has 2 aromatic rings. The molecule has 1 heterocycles. The second kappa shape index (κ2) is 10.9. The second-order valence-corrected chi connectivity index (χ2v) is 11.4. The van der Waals surface area contributed by atoms with Gasteiger partial charge in [0.1, 0.15) is 17.3 Å². The fourth-order valence-electron chi connectivity index (χ4n) is 5.59. The second-order valence-electron chi connectivity index (χ2n) is 10.5. The van der Waals surface area contributed by atoms with E-state index in [1.54, 1.807) is 25.3 Å². The number of rotatable bonds is 9. The molecule has 8 heteroatoms. The molecule has 3 fully saturated rings. The fourth-order valence-corrected chi connectivity index (χ4v) is 5.97. The average molecular weight is 571 g/mol. The number of hydrogen-bond acceptors (Lipinski definition) is 4. The Balaban J connectivity index is 1.20. The number of fused-ring (bicyclic) bond motifs is 1. The van der Waals surface area contributed by atoms with Crippen LogP contribution >= 0.6 is 15.9 Å². The number of carbonyl (C=O) groups excluding carboxylic acids is 2. The summed E-state index contributed by atoms with van der Waals surface area (Å²) in [5.41, 5.74) is 0.648. The maximum atomic E-state index is 14.7. The van der Waals surface area contributed by atoms with Crippen LogP contribution in [0.3, 0.4) is 0 Å². The first-order chi connectivity index (χ1) is 17.9. The Labute approximate surface area is 225 Å². The molecule has 2 aromatic carbocycles. The monoisotopic (exact) mass is 570 g/mol. The molecule has 0 aromatic heterocycles. The van der Waals surface area contributed by atoms with Gasteiger partial charge in [-0.3, -0.25) is 9.59 Å². The summed E-state index contributed by atoms with van der Waals surface area (Å²) in [6.45, 7) is 2.25. The van der Waals surface area contributed by atoms with E-state index in [0.29, 0.717) is 49.6 Å². The molecular formula is C29H32BrFN2O4. The van der Waals surface area contributed by atoms with Crippen LogP contribution in [0.25, 0.3) is 6.08 Å². The molecular weight excluding hydrogens is 539 g/mol. The highest BCUT2D eigenvalue weighted by atomic mass is 79.9. The van der Waals surface area contributed by atoms with E-state index >= 15 is 0 Å². The number of ether oxygens (including phenoxy) is 2. The number of hydrogen-bond donors (Lipinski definition) is 1. The SMILES string of the molecule is COc1ccc(Br)cc1/C=C/C(=O)N1C[C@@H]2CCC[C@]2(CNC(=O)c2ccc(OCC3CC3)cc2F)C1. The van der Waals surface area contributed by atoms with Crippen LogP contribution in [0.1, 0.15) is 48.0 Å². The molecule has 1 saturated heterocycles. The summed E-state index contributed by atoms with van der Waals surface area (Å²) < 4.78 is 26.6. The molecule has 37 heavy (non-hydrogen) atoms. The summed E-state index contributed by atoms with van der Waals surface area (Å²) in [5.74, 6) is 0.957. The number of likely N-dealkylation sites (tertiary alicyclic amines) is 1. The molecule has 0 radical (unpaired) electrons. The van der Waals surface area contributed by atoms with Crippen molar-refractivity contribution in [1.82, 2.24) is 10.2 Å². The topological polar surface area (TPSA) is 67.9 Å². The number of carbonyl (C=O) groups is 2. The number of halogens is 2. The van der Waals surface area contributed by atoms with Gasteiger partial charge in [0.2, 0.25) is 5.91 Å². The van der Waals surface area contributed by atoms with Gasteiger partial charge in [-0.25, -0.2) is 4.39 Å². The summed E-state index contributed by atoms with van der Waals surface area (Å²) in [5, 5.41) is 2.96. The van der Waals surface area contributed by atoms with Gasteiger partial charge in [-0.05, 0) is 73.9 Å². The molecule has 2 saturated carbocycles. The Bertz CT molecular complexity index is 1210. The molecule has 0 unspecified atom stereocenters. The zero-order valence-corrected chi connectivity index (χ0v) is 22.6. The van der Waals surface area contributed by atoms with Crippen molar-refractivity contribution in [2.45, 2.75) is 32.1 Å². The first-order valence-electron chi connectivity index (χ1n) is 12.9. The number of nitrogens with zero attached hydrogens (tertiary/aromatic N) is 1. The number of amides is 2. The number of benzene rings is 2. The summed E-state index contributed by atoms with van der Waals surface area (Å²) in [4.78, 5) is 27.8. The van der Waals surface area contributed by atoms with Gasteiger partial charge >= 0.3 is 0 Å². The van der Waals surface area contributed by atoms with Crippen LogP contribution in [0.15, 0.2) is 46.9 Å². The lowest BCUT2D eigenvalue weighted by molar-refractivity contribution is -0.125. The van der Waals surface area contributed by atoms with Crippen LogP contribution in [-0.4, -0.2) is 50.1 Å². The molecule has 0 bridgehead atoms. The highest BCUT2D eigenvalue weighted by molar-refractivity contribution is 9.10. The van der Waals surface area contributed by atoms with Gasteiger partial charge in [0.05, 0.1) is 19.3 Å². The molecule has 1 N–H and O–H groups in total. The Morgan fingerprint density at radius 2 is 2.05 bits per heavy atom. The highest BCUT2D eigenvalue weighted by Gasteiger charge is 2.50. The minimum absolute atomic E-state index is 0.0153. The molecule has 5 rings (SSSR count). The maximum absolute atomic E-state index is 14.7. The molecule has 1 aliphatic heterocycles. The molecule has 2 aliphatic carbocycles.